The topological polar surface area (TPSA) is 37.8 Å². The molecule has 0 saturated carbocycles. The normalized spacial score (nSPS) is 12.6. The van der Waals surface area contributed by atoms with E-state index < -0.39 is 0 Å². The highest BCUT2D eigenvalue weighted by Crippen LogP contribution is 2.24. The Morgan fingerprint density at radius 1 is 1.41 bits per heavy atom. The van der Waals surface area contributed by atoms with Crippen molar-refractivity contribution in [3.8, 4) is 0 Å². The minimum Gasteiger partial charge on any atom is -0.312 e. The summed E-state index contributed by atoms with van der Waals surface area (Å²) in [7, 11) is 1.97. The van der Waals surface area contributed by atoms with Gasteiger partial charge >= 0.3 is 0 Å². The van der Waals surface area contributed by atoms with Crippen molar-refractivity contribution in [2.24, 2.45) is 0 Å². The monoisotopic (exact) mass is 311 g/mol. The van der Waals surface area contributed by atoms with Crippen molar-refractivity contribution in [2.75, 3.05) is 7.05 Å². The lowest BCUT2D eigenvalue weighted by Gasteiger charge is -2.14. The van der Waals surface area contributed by atoms with E-state index in [-0.39, 0.29) is 6.04 Å². The maximum Gasteiger partial charge on any atom is 0.0798 e. The summed E-state index contributed by atoms with van der Waals surface area (Å²) < 4.78 is 1.01. The minimum absolute atomic E-state index is 0.288. The van der Waals surface area contributed by atoms with E-state index in [2.05, 4.69) is 31.2 Å². The van der Waals surface area contributed by atoms with Crippen molar-refractivity contribution in [1.82, 2.24) is 15.3 Å². The van der Waals surface area contributed by atoms with E-state index in [1.54, 1.807) is 11.3 Å². The van der Waals surface area contributed by atoms with E-state index in [4.69, 9.17) is 0 Å². The minimum atomic E-state index is 0.288. The summed E-state index contributed by atoms with van der Waals surface area (Å²) in [6, 6.07) is 4.36. The molecule has 1 N–H and O–H groups in total. The summed E-state index contributed by atoms with van der Waals surface area (Å²) in [4.78, 5) is 9.98. The van der Waals surface area contributed by atoms with Crippen LogP contribution in [-0.4, -0.2) is 17.0 Å². The Morgan fingerprint density at radius 3 is 2.76 bits per heavy atom. The molecule has 0 saturated heterocycles. The largest absolute Gasteiger partial charge is 0.312 e. The van der Waals surface area contributed by atoms with Crippen molar-refractivity contribution in [2.45, 2.75) is 19.4 Å². The molecular weight excluding hydrogens is 298 g/mol. The van der Waals surface area contributed by atoms with Crippen molar-refractivity contribution < 1.29 is 0 Å². The van der Waals surface area contributed by atoms with Gasteiger partial charge in [0.1, 0.15) is 0 Å². The van der Waals surface area contributed by atoms with Gasteiger partial charge in [0.25, 0.3) is 0 Å². The van der Waals surface area contributed by atoms with Gasteiger partial charge in [0.2, 0.25) is 0 Å². The summed E-state index contributed by atoms with van der Waals surface area (Å²) in [6.45, 7) is 2.05. The summed E-state index contributed by atoms with van der Waals surface area (Å²) in [5, 5.41) is 3.33. The molecule has 1 unspecified atom stereocenters. The lowest BCUT2D eigenvalue weighted by molar-refractivity contribution is 0.590. The predicted molar refractivity (Wildman–Crippen MR) is 74.3 cm³/mol. The first-order chi connectivity index (χ1) is 8.20. The number of rotatable bonds is 4. The standard InChI is InChI=1S/C12H14BrN3S/c1-8-12(17-7-16-8)11(14-2)5-10-4-3-9(13)6-15-10/h3-4,6-7,11,14H,5H2,1-2H3. The van der Waals surface area contributed by atoms with Crippen LogP contribution in [0.25, 0.3) is 0 Å². The molecule has 0 fully saturated rings. The molecule has 0 aliphatic carbocycles. The summed E-state index contributed by atoms with van der Waals surface area (Å²) in [6.07, 6.45) is 2.72. The SMILES string of the molecule is CNC(Cc1ccc(Br)cn1)c1scnc1C. The number of nitrogens with one attached hydrogen (secondary N) is 1. The van der Waals surface area contributed by atoms with Crippen LogP contribution in [-0.2, 0) is 6.42 Å². The van der Waals surface area contributed by atoms with E-state index >= 15 is 0 Å². The molecule has 90 valence electrons. The van der Waals surface area contributed by atoms with E-state index in [9.17, 15) is 0 Å². The highest BCUT2D eigenvalue weighted by molar-refractivity contribution is 9.10. The fourth-order valence-electron chi connectivity index (χ4n) is 1.71. The smallest absolute Gasteiger partial charge is 0.0798 e. The second-order valence-corrected chi connectivity index (χ2v) is 5.62. The zero-order valence-electron chi connectivity index (χ0n) is 9.77. The van der Waals surface area contributed by atoms with Gasteiger partial charge in [-0.2, -0.15) is 0 Å². The van der Waals surface area contributed by atoms with Crippen molar-refractivity contribution in [1.29, 1.82) is 0 Å². The van der Waals surface area contributed by atoms with Crippen LogP contribution in [0.3, 0.4) is 0 Å². The van der Waals surface area contributed by atoms with Crippen LogP contribution in [0.2, 0.25) is 0 Å². The lowest BCUT2D eigenvalue weighted by atomic mass is 10.1. The molecular formula is C12H14BrN3S. The molecule has 2 aromatic rings. The number of aryl methyl sites for hydroxylation is 1. The molecule has 0 spiro atoms. The third-order valence-electron chi connectivity index (χ3n) is 2.65. The fraction of sp³-hybridized carbons (Fsp3) is 0.333. The Morgan fingerprint density at radius 2 is 2.24 bits per heavy atom. The first-order valence-corrected chi connectivity index (χ1v) is 7.05. The van der Waals surface area contributed by atoms with Crippen LogP contribution in [0, 0.1) is 6.92 Å². The fourth-order valence-corrected chi connectivity index (χ4v) is 2.86. The van der Waals surface area contributed by atoms with Gasteiger partial charge in [-0.3, -0.25) is 4.98 Å². The summed E-state index contributed by atoms with van der Waals surface area (Å²) in [5.74, 6) is 0. The highest BCUT2D eigenvalue weighted by atomic mass is 79.9. The molecule has 2 heterocycles. The highest BCUT2D eigenvalue weighted by Gasteiger charge is 2.15. The first kappa shape index (κ1) is 12.7. The van der Waals surface area contributed by atoms with E-state index in [1.807, 2.05) is 37.8 Å². The van der Waals surface area contributed by atoms with Crippen molar-refractivity contribution in [3.63, 3.8) is 0 Å². The molecule has 0 bridgehead atoms. The number of hydrogen-bond acceptors (Lipinski definition) is 4. The van der Waals surface area contributed by atoms with E-state index in [1.165, 1.54) is 4.88 Å². The number of aromatic nitrogens is 2. The molecule has 5 heteroatoms. The Balaban J connectivity index is 2.16. The van der Waals surface area contributed by atoms with E-state index in [0.717, 1.165) is 22.3 Å². The summed E-state index contributed by atoms with van der Waals surface area (Å²) in [5.41, 5.74) is 4.08. The number of nitrogens with zero attached hydrogens (tertiary/aromatic N) is 2. The molecule has 0 aliphatic heterocycles. The molecule has 2 rings (SSSR count). The van der Waals surface area contributed by atoms with Gasteiger partial charge in [-0.25, -0.2) is 4.98 Å². The van der Waals surface area contributed by atoms with Crippen LogP contribution < -0.4 is 5.32 Å². The maximum absolute atomic E-state index is 4.40. The van der Waals surface area contributed by atoms with Gasteiger partial charge in [-0.1, -0.05) is 0 Å². The van der Waals surface area contributed by atoms with Crippen LogP contribution in [0.1, 0.15) is 22.3 Å². The molecule has 3 nitrogen and oxygen atoms in total. The van der Waals surface area contributed by atoms with E-state index in [0.29, 0.717) is 0 Å². The third-order valence-corrected chi connectivity index (χ3v) is 4.16. The van der Waals surface area contributed by atoms with Gasteiger partial charge in [0.05, 0.1) is 11.2 Å². The van der Waals surface area contributed by atoms with Gasteiger partial charge < -0.3 is 5.32 Å². The average Bonchev–Trinajstić information content (AvgIpc) is 2.75. The van der Waals surface area contributed by atoms with Gasteiger partial charge in [0, 0.05) is 33.7 Å². The number of pyridine rings is 1. The van der Waals surface area contributed by atoms with Gasteiger partial charge in [-0.05, 0) is 42.0 Å². The first-order valence-electron chi connectivity index (χ1n) is 5.38. The van der Waals surface area contributed by atoms with Crippen molar-refractivity contribution >= 4 is 27.3 Å². The quantitative estimate of drug-likeness (QED) is 0.942. The van der Waals surface area contributed by atoms with Crippen molar-refractivity contribution in [3.05, 3.63) is 44.6 Å². The number of halogens is 1. The van der Waals surface area contributed by atoms with Crippen LogP contribution in [0.15, 0.2) is 28.3 Å². The lowest BCUT2D eigenvalue weighted by Crippen LogP contribution is -2.19. The molecule has 1 atom stereocenters. The Kier molecular flexibility index (Phi) is 4.25. The zero-order valence-corrected chi connectivity index (χ0v) is 12.2. The molecule has 0 aliphatic rings. The Hall–Kier alpha value is -0.780. The number of likely N-dealkylation sites (N-methyl/N-ethyl adjacent to an activating group) is 1. The number of hydrogen-bond donors (Lipinski definition) is 1. The van der Waals surface area contributed by atoms with Gasteiger partial charge in [0.15, 0.2) is 0 Å². The molecule has 2 aromatic heterocycles. The Bertz CT molecular complexity index is 481. The van der Waals surface area contributed by atoms with Crippen LogP contribution in [0.4, 0.5) is 0 Å². The Labute approximate surface area is 113 Å². The average molecular weight is 312 g/mol. The predicted octanol–water partition coefficient (Wildman–Crippen LogP) is 3.11. The third kappa shape index (κ3) is 3.12. The second-order valence-electron chi connectivity index (χ2n) is 3.82. The zero-order chi connectivity index (χ0) is 12.3. The molecule has 0 amide bonds. The maximum atomic E-state index is 4.40. The summed E-state index contributed by atoms with van der Waals surface area (Å²) >= 11 is 5.09. The second kappa shape index (κ2) is 5.71. The van der Waals surface area contributed by atoms with Gasteiger partial charge in [-0.15, -0.1) is 11.3 Å². The molecule has 0 aromatic carbocycles. The molecule has 0 radical (unpaired) electrons. The van der Waals surface area contributed by atoms with Crippen LogP contribution in [0.5, 0.6) is 0 Å². The van der Waals surface area contributed by atoms with Crippen LogP contribution >= 0.6 is 27.3 Å². The molecule has 17 heavy (non-hydrogen) atoms. The number of thiazole rings is 1.